The highest BCUT2D eigenvalue weighted by Gasteiger charge is 2.11. The quantitative estimate of drug-likeness (QED) is 0.433. The second kappa shape index (κ2) is 10.9. The van der Waals surface area contributed by atoms with E-state index in [1.165, 1.54) is 16.9 Å². The standard InChI is InChI=1S/C22H24N2O3S2/c1-26-19-11-10-17(13-20(19)27-2)18-15-29-22(23-18)24-21(25)9-6-12-28-14-16-7-4-3-5-8-16/h3-5,7-8,10-11,13,15H,6,9,12,14H2,1-2H3,(H,23,24,25). The van der Waals surface area contributed by atoms with Crippen LogP contribution >= 0.6 is 23.1 Å². The molecule has 0 aliphatic rings. The number of ether oxygens (including phenoxy) is 2. The van der Waals surface area contributed by atoms with Gasteiger partial charge >= 0.3 is 0 Å². The maximum atomic E-state index is 12.2. The summed E-state index contributed by atoms with van der Waals surface area (Å²) in [5.41, 5.74) is 3.02. The van der Waals surface area contributed by atoms with Gasteiger partial charge in [0.2, 0.25) is 5.91 Å². The van der Waals surface area contributed by atoms with Crippen molar-refractivity contribution < 1.29 is 14.3 Å². The van der Waals surface area contributed by atoms with Crippen LogP contribution in [0, 0.1) is 0 Å². The van der Waals surface area contributed by atoms with E-state index >= 15 is 0 Å². The van der Waals surface area contributed by atoms with Gasteiger partial charge in [-0.05, 0) is 35.9 Å². The third-order valence-corrected chi connectivity index (χ3v) is 6.11. The summed E-state index contributed by atoms with van der Waals surface area (Å²) < 4.78 is 10.6. The average molecular weight is 429 g/mol. The van der Waals surface area contributed by atoms with Crippen LogP contribution in [0.5, 0.6) is 11.5 Å². The number of amides is 1. The first kappa shape index (κ1) is 21.2. The molecular weight excluding hydrogens is 404 g/mol. The van der Waals surface area contributed by atoms with Crippen LogP contribution in [0.25, 0.3) is 11.3 Å². The Balaban J connectivity index is 1.45. The second-order valence-corrected chi connectivity index (χ2v) is 8.26. The summed E-state index contributed by atoms with van der Waals surface area (Å²) in [5, 5.41) is 5.43. The van der Waals surface area contributed by atoms with E-state index in [-0.39, 0.29) is 5.91 Å². The summed E-state index contributed by atoms with van der Waals surface area (Å²) in [4.78, 5) is 16.7. The fourth-order valence-corrected chi connectivity index (χ4v) is 4.40. The Morgan fingerprint density at radius 1 is 1.10 bits per heavy atom. The van der Waals surface area contributed by atoms with Crippen LogP contribution < -0.4 is 14.8 Å². The third kappa shape index (κ3) is 6.24. The maximum absolute atomic E-state index is 12.2. The molecule has 0 spiro atoms. The smallest absolute Gasteiger partial charge is 0.226 e. The summed E-state index contributed by atoms with van der Waals surface area (Å²) in [5.74, 6) is 3.25. The van der Waals surface area contributed by atoms with E-state index in [0.717, 1.165) is 29.2 Å². The maximum Gasteiger partial charge on any atom is 0.226 e. The Kier molecular flexibility index (Phi) is 7.95. The lowest BCUT2D eigenvalue weighted by atomic mass is 10.1. The van der Waals surface area contributed by atoms with Crippen molar-refractivity contribution in [3.63, 3.8) is 0 Å². The molecule has 2 aromatic carbocycles. The van der Waals surface area contributed by atoms with Crippen LogP contribution in [0.15, 0.2) is 53.9 Å². The molecule has 5 nitrogen and oxygen atoms in total. The van der Waals surface area contributed by atoms with Crippen molar-refractivity contribution in [2.24, 2.45) is 0 Å². The highest BCUT2D eigenvalue weighted by molar-refractivity contribution is 7.98. The minimum atomic E-state index is -0.00137. The molecule has 0 aliphatic carbocycles. The van der Waals surface area contributed by atoms with Crippen molar-refractivity contribution >= 4 is 34.1 Å². The lowest BCUT2D eigenvalue weighted by molar-refractivity contribution is -0.116. The van der Waals surface area contributed by atoms with Crippen LogP contribution in [0.2, 0.25) is 0 Å². The number of benzene rings is 2. The Bertz CT molecular complexity index is 929. The third-order valence-electron chi connectivity index (χ3n) is 4.23. The number of methoxy groups -OCH3 is 2. The molecule has 7 heteroatoms. The van der Waals surface area contributed by atoms with Crippen molar-refractivity contribution in [3.05, 3.63) is 59.5 Å². The number of anilines is 1. The zero-order valence-electron chi connectivity index (χ0n) is 16.5. The van der Waals surface area contributed by atoms with Crippen molar-refractivity contribution in [1.82, 2.24) is 4.98 Å². The number of rotatable bonds is 10. The zero-order valence-corrected chi connectivity index (χ0v) is 18.1. The van der Waals surface area contributed by atoms with Crippen molar-refractivity contribution in [1.29, 1.82) is 0 Å². The largest absolute Gasteiger partial charge is 0.493 e. The Morgan fingerprint density at radius 3 is 2.66 bits per heavy atom. The summed E-state index contributed by atoms with van der Waals surface area (Å²) in [6, 6.07) is 16.0. The van der Waals surface area contributed by atoms with E-state index in [9.17, 15) is 4.79 Å². The highest BCUT2D eigenvalue weighted by Crippen LogP contribution is 2.33. The van der Waals surface area contributed by atoms with E-state index in [2.05, 4.69) is 22.4 Å². The molecule has 0 saturated carbocycles. The molecular formula is C22H24N2O3S2. The number of thiazole rings is 1. The number of nitrogens with one attached hydrogen (secondary N) is 1. The first-order chi connectivity index (χ1) is 14.2. The normalized spacial score (nSPS) is 10.6. The van der Waals surface area contributed by atoms with E-state index in [4.69, 9.17) is 9.47 Å². The second-order valence-electron chi connectivity index (χ2n) is 6.30. The molecule has 3 rings (SSSR count). The van der Waals surface area contributed by atoms with Gasteiger partial charge < -0.3 is 14.8 Å². The number of carbonyl (C=O) groups excluding carboxylic acids is 1. The minimum Gasteiger partial charge on any atom is -0.493 e. The predicted octanol–water partition coefficient (Wildman–Crippen LogP) is 5.48. The van der Waals surface area contributed by atoms with Gasteiger partial charge in [-0.25, -0.2) is 4.98 Å². The Hall–Kier alpha value is -2.51. The lowest BCUT2D eigenvalue weighted by Crippen LogP contribution is -2.11. The first-order valence-electron chi connectivity index (χ1n) is 9.29. The highest BCUT2D eigenvalue weighted by atomic mass is 32.2. The Morgan fingerprint density at radius 2 is 1.90 bits per heavy atom. The van der Waals surface area contributed by atoms with E-state index in [1.807, 2.05) is 53.5 Å². The number of nitrogens with zero attached hydrogens (tertiary/aromatic N) is 1. The van der Waals surface area contributed by atoms with Gasteiger partial charge in [0.15, 0.2) is 16.6 Å². The van der Waals surface area contributed by atoms with E-state index in [1.54, 1.807) is 14.2 Å². The molecule has 0 radical (unpaired) electrons. The molecule has 29 heavy (non-hydrogen) atoms. The topological polar surface area (TPSA) is 60.5 Å². The summed E-state index contributed by atoms with van der Waals surface area (Å²) >= 11 is 3.26. The molecule has 1 heterocycles. The summed E-state index contributed by atoms with van der Waals surface area (Å²) in [6.07, 6.45) is 1.34. The van der Waals surface area contributed by atoms with Crippen LogP contribution in [0.1, 0.15) is 18.4 Å². The summed E-state index contributed by atoms with van der Waals surface area (Å²) in [7, 11) is 3.21. The van der Waals surface area contributed by atoms with Gasteiger partial charge in [-0.15, -0.1) is 11.3 Å². The van der Waals surface area contributed by atoms with Crippen LogP contribution in [0.4, 0.5) is 5.13 Å². The fourth-order valence-electron chi connectivity index (χ4n) is 2.74. The minimum absolute atomic E-state index is 0.00137. The van der Waals surface area contributed by atoms with Crippen LogP contribution in [-0.4, -0.2) is 30.9 Å². The molecule has 0 fully saturated rings. The van der Waals surface area contributed by atoms with Crippen LogP contribution in [-0.2, 0) is 10.5 Å². The molecule has 3 aromatic rings. The molecule has 0 bridgehead atoms. The van der Waals surface area contributed by atoms with Crippen molar-refractivity contribution in [2.75, 3.05) is 25.3 Å². The summed E-state index contributed by atoms with van der Waals surface area (Å²) in [6.45, 7) is 0. The number of hydrogen-bond acceptors (Lipinski definition) is 6. The van der Waals surface area contributed by atoms with E-state index in [0.29, 0.717) is 23.1 Å². The molecule has 1 N–H and O–H groups in total. The van der Waals surface area contributed by atoms with Crippen molar-refractivity contribution in [2.45, 2.75) is 18.6 Å². The van der Waals surface area contributed by atoms with Gasteiger partial charge in [-0.2, -0.15) is 11.8 Å². The van der Waals surface area contributed by atoms with Gasteiger partial charge in [-0.3, -0.25) is 4.79 Å². The monoisotopic (exact) mass is 428 g/mol. The Labute approximate surface area is 179 Å². The molecule has 1 aromatic heterocycles. The van der Waals surface area contributed by atoms with E-state index < -0.39 is 0 Å². The molecule has 1 amide bonds. The van der Waals surface area contributed by atoms with Crippen molar-refractivity contribution in [3.8, 4) is 22.8 Å². The van der Waals surface area contributed by atoms with Gasteiger partial charge in [-0.1, -0.05) is 30.3 Å². The number of carbonyl (C=O) groups is 1. The van der Waals surface area contributed by atoms with Gasteiger partial charge in [0.25, 0.3) is 0 Å². The van der Waals surface area contributed by atoms with Gasteiger partial charge in [0.1, 0.15) is 0 Å². The predicted molar refractivity (Wildman–Crippen MR) is 121 cm³/mol. The number of hydrogen-bond donors (Lipinski definition) is 1. The average Bonchev–Trinajstić information content (AvgIpc) is 3.22. The molecule has 0 saturated heterocycles. The zero-order chi connectivity index (χ0) is 20.5. The number of thioether (sulfide) groups is 1. The molecule has 0 atom stereocenters. The van der Waals surface area contributed by atoms with Gasteiger partial charge in [0.05, 0.1) is 19.9 Å². The number of aromatic nitrogens is 1. The SMILES string of the molecule is COc1ccc(-c2csc(NC(=O)CCCSCc3ccccc3)n2)cc1OC. The molecule has 0 unspecified atom stereocenters. The molecule has 0 aliphatic heterocycles. The molecule has 152 valence electrons. The van der Waals surface area contributed by atoms with Gasteiger partial charge in [0, 0.05) is 23.1 Å². The van der Waals surface area contributed by atoms with Crippen LogP contribution in [0.3, 0.4) is 0 Å². The first-order valence-corrected chi connectivity index (χ1v) is 11.3. The fraction of sp³-hybridized carbons (Fsp3) is 0.273. The lowest BCUT2D eigenvalue weighted by Gasteiger charge is -2.08.